The molecule has 0 spiro atoms. The number of rotatable bonds is 2. The predicted molar refractivity (Wildman–Crippen MR) is 54.2 cm³/mol. The van der Waals surface area contributed by atoms with E-state index in [-0.39, 0.29) is 5.60 Å². The Morgan fingerprint density at radius 2 is 2.31 bits per heavy atom. The maximum Gasteiger partial charge on any atom is 0.0955 e. The second-order valence-electron chi connectivity index (χ2n) is 3.98. The quantitative estimate of drug-likeness (QED) is 0.525. The molecule has 1 saturated heterocycles. The van der Waals surface area contributed by atoms with E-state index in [1.54, 1.807) is 7.11 Å². The Hall–Kier alpha value is -0.570. The zero-order chi connectivity index (χ0) is 9.90. The van der Waals surface area contributed by atoms with Crippen LogP contribution in [0.2, 0.25) is 0 Å². The van der Waals surface area contributed by atoms with Gasteiger partial charge in [-0.05, 0) is 19.8 Å². The average molecular weight is 184 g/mol. The lowest BCUT2D eigenvalue weighted by atomic mass is 9.94. The molecule has 0 amide bonds. The number of nitrogens with zero attached hydrogens (tertiary/aromatic N) is 1. The van der Waals surface area contributed by atoms with Crippen LogP contribution in [0.5, 0.6) is 0 Å². The van der Waals surface area contributed by atoms with Crippen LogP contribution in [0.15, 0.2) is 0 Å². The number of methoxy groups -OCH3 is 1. The number of hydrogen-bond acceptors (Lipinski definition) is 2. The van der Waals surface area contributed by atoms with Crippen LogP contribution < -0.4 is 0 Å². The van der Waals surface area contributed by atoms with Crippen LogP contribution in [0.1, 0.15) is 33.1 Å². The summed E-state index contributed by atoms with van der Waals surface area (Å²) in [6.45, 7) is 6.05. The van der Waals surface area contributed by atoms with E-state index in [1.165, 1.54) is 0 Å². The minimum Gasteiger partial charge on any atom is -0.377 e. The first-order valence-electron chi connectivity index (χ1n) is 4.99. The Bertz CT molecular complexity index is 193. The third-order valence-corrected chi connectivity index (χ3v) is 2.87. The average Bonchev–Trinajstić information content (AvgIpc) is 2.17. The molecule has 0 bridgehead atoms. The highest BCUT2D eigenvalue weighted by atomic mass is 16.5. The minimum absolute atomic E-state index is 0.0419. The van der Waals surface area contributed by atoms with E-state index in [2.05, 4.69) is 11.8 Å². The van der Waals surface area contributed by atoms with Gasteiger partial charge in [0.2, 0.25) is 0 Å². The summed E-state index contributed by atoms with van der Waals surface area (Å²) < 4.78 is 5.47. The Balaban J connectivity index is 2.56. The highest BCUT2D eigenvalue weighted by molar-refractivity contribution is 5.78. The van der Waals surface area contributed by atoms with Gasteiger partial charge in [-0.15, -0.1) is 0 Å². The standard InChI is InChI=1S/C10H20N2O/c1-4-9(11)12-7-5-6-10(2,8-12)13-3/h11H,4-8H2,1-3H3. The number of hydrogen-bond donors (Lipinski definition) is 1. The van der Waals surface area contributed by atoms with Crippen LogP contribution >= 0.6 is 0 Å². The third-order valence-electron chi connectivity index (χ3n) is 2.87. The van der Waals surface area contributed by atoms with Crippen molar-refractivity contribution in [2.45, 2.75) is 38.7 Å². The molecule has 1 rings (SSSR count). The molecule has 0 aromatic carbocycles. The normalized spacial score (nSPS) is 29.0. The van der Waals surface area contributed by atoms with Crippen molar-refractivity contribution in [3.63, 3.8) is 0 Å². The fraction of sp³-hybridized carbons (Fsp3) is 0.900. The smallest absolute Gasteiger partial charge is 0.0955 e. The fourth-order valence-electron chi connectivity index (χ4n) is 1.83. The van der Waals surface area contributed by atoms with Gasteiger partial charge < -0.3 is 9.64 Å². The van der Waals surface area contributed by atoms with Crippen molar-refractivity contribution in [3.8, 4) is 0 Å². The van der Waals surface area contributed by atoms with Crippen molar-refractivity contribution in [2.75, 3.05) is 20.2 Å². The molecule has 0 aromatic heterocycles. The van der Waals surface area contributed by atoms with Crippen LogP contribution in [0.3, 0.4) is 0 Å². The topological polar surface area (TPSA) is 36.3 Å². The lowest BCUT2D eigenvalue weighted by molar-refractivity contribution is -0.0353. The van der Waals surface area contributed by atoms with Crippen LogP contribution in [0, 0.1) is 5.41 Å². The Morgan fingerprint density at radius 3 is 2.85 bits per heavy atom. The minimum atomic E-state index is -0.0419. The summed E-state index contributed by atoms with van der Waals surface area (Å²) in [4.78, 5) is 2.13. The van der Waals surface area contributed by atoms with E-state index in [1.807, 2.05) is 6.92 Å². The van der Waals surface area contributed by atoms with Crippen LogP contribution in [0.25, 0.3) is 0 Å². The first kappa shape index (κ1) is 10.5. The van der Waals surface area contributed by atoms with E-state index in [9.17, 15) is 0 Å². The van der Waals surface area contributed by atoms with Gasteiger partial charge >= 0.3 is 0 Å². The molecule has 3 heteroatoms. The maximum atomic E-state index is 7.75. The molecule has 0 aliphatic carbocycles. The molecule has 3 nitrogen and oxygen atoms in total. The zero-order valence-electron chi connectivity index (χ0n) is 8.89. The molecule has 1 aliphatic rings. The maximum absolute atomic E-state index is 7.75. The molecule has 1 heterocycles. The number of nitrogens with one attached hydrogen (secondary N) is 1. The Labute approximate surface area is 80.6 Å². The molecule has 1 unspecified atom stereocenters. The van der Waals surface area contributed by atoms with Crippen molar-refractivity contribution in [2.24, 2.45) is 0 Å². The van der Waals surface area contributed by atoms with Gasteiger partial charge in [0.15, 0.2) is 0 Å². The zero-order valence-corrected chi connectivity index (χ0v) is 8.89. The lowest BCUT2D eigenvalue weighted by Crippen LogP contribution is -2.49. The highest BCUT2D eigenvalue weighted by Gasteiger charge is 2.31. The van der Waals surface area contributed by atoms with Crippen LogP contribution in [-0.2, 0) is 4.74 Å². The van der Waals surface area contributed by atoms with E-state index in [4.69, 9.17) is 10.1 Å². The van der Waals surface area contributed by atoms with Crippen molar-refractivity contribution in [1.82, 2.24) is 4.90 Å². The molecule has 76 valence electrons. The molecule has 0 aromatic rings. The molecular formula is C10H20N2O. The molecule has 0 radical (unpaired) electrons. The largest absolute Gasteiger partial charge is 0.377 e. The summed E-state index contributed by atoms with van der Waals surface area (Å²) in [6, 6.07) is 0. The summed E-state index contributed by atoms with van der Waals surface area (Å²) in [5.41, 5.74) is -0.0419. The van der Waals surface area contributed by atoms with Crippen LogP contribution in [-0.4, -0.2) is 36.5 Å². The molecular weight excluding hydrogens is 164 g/mol. The molecule has 1 aliphatic heterocycles. The van der Waals surface area contributed by atoms with E-state index < -0.39 is 0 Å². The number of amidine groups is 1. The fourth-order valence-corrected chi connectivity index (χ4v) is 1.83. The molecule has 1 N–H and O–H groups in total. The molecule has 13 heavy (non-hydrogen) atoms. The van der Waals surface area contributed by atoms with Gasteiger partial charge in [0.1, 0.15) is 0 Å². The van der Waals surface area contributed by atoms with Crippen LogP contribution in [0.4, 0.5) is 0 Å². The van der Waals surface area contributed by atoms with E-state index in [0.29, 0.717) is 0 Å². The number of ether oxygens (including phenoxy) is 1. The molecule has 1 fully saturated rings. The van der Waals surface area contributed by atoms with E-state index in [0.717, 1.165) is 38.2 Å². The van der Waals surface area contributed by atoms with Crippen molar-refractivity contribution in [3.05, 3.63) is 0 Å². The van der Waals surface area contributed by atoms with Gasteiger partial charge in [-0.1, -0.05) is 6.92 Å². The first-order valence-corrected chi connectivity index (χ1v) is 4.99. The summed E-state index contributed by atoms with van der Waals surface area (Å²) >= 11 is 0. The number of piperidine rings is 1. The van der Waals surface area contributed by atoms with Gasteiger partial charge in [-0.3, -0.25) is 5.41 Å². The van der Waals surface area contributed by atoms with Crippen molar-refractivity contribution in [1.29, 1.82) is 5.41 Å². The van der Waals surface area contributed by atoms with Gasteiger partial charge in [0.25, 0.3) is 0 Å². The third kappa shape index (κ3) is 2.44. The second-order valence-corrected chi connectivity index (χ2v) is 3.98. The lowest BCUT2D eigenvalue weighted by Gasteiger charge is -2.40. The Kier molecular flexibility index (Phi) is 3.31. The van der Waals surface area contributed by atoms with Crippen molar-refractivity contribution >= 4 is 5.84 Å². The molecule has 0 saturated carbocycles. The van der Waals surface area contributed by atoms with Gasteiger partial charge in [0.05, 0.1) is 11.4 Å². The summed E-state index contributed by atoms with van der Waals surface area (Å²) in [5, 5.41) is 7.75. The van der Waals surface area contributed by atoms with Gasteiger partial charge in [-0.25, -0.2) is 0 Å². The van der Waals surface area contributed by atoms with Crippen molar-refractivity contribution < 1.29 is 4.74 Å². The molecule has 1 atom stereocenters. The van der Waals surface area contributed by atoms with Gasteiger partial charge in [0, 0.05) is 26.6 Å². The number of likely N-dealkylation sites (tertiary alicyclic amines) is 1. The van der Waals surface area contributed by atoms with E-state index >= 15 is 0 Å². The monoisotopic (exact) mass is 184 g/mol. The summed E-state index contributed by atoms with van der Waals surface area (Å²) in [6.07, 6.45) is 3.06. The first-order chi connectivity index (χ1) is 6.11. The summed E-state index contributed by atoms with van der Waals surface area (Å²) in [7, 11) is 1.76. The Morgan fingerprint density at radius 1 is 1.62 bits per heavy atom. The predicted octanol–water partition coefficient (Wildman–Crippen LogP) is 1.87. The van der Waals surface area contributed by atoms with Gasteiger partial charge in [-0.2, -0.15) is 0 Å². The highest BCUT2D eigenvalue weighted by Crippen LogP contribution is 2.24. The SMILES string of the molecule is CCC(=N)N1CCCC(C)(OC)C1. The second kappa shape index (κ2) is 4.09. The summed E-state index contributed by atoms with van der Waals surface area (Å²) in [5.74, 6) is 0.739.